The highest BCUT2D eigenvalue weighted by Gasteiger charge is 2.30. The van der Waals surface area contributed by atoms with E-state index in [0.29, 0.717) is 42.9 Å². The summed E-state index contributed by atoms with van der Waals surface area (Å²) in [5, 5.41) is 5.72. The van der Waals surface area contributed by atoms with Crippen molar-refractivity contribution in [1.29, 1.82) is 0 Å². The molecule has 0 aliphatic carbocycles. The van der Waals surface area contributed by atoms with Crippen molar-refractivity contribution >= 4 is 10.9 Å². The predicted molar refractivity (Wildman–Crippen MR) is 114 cm³/mol. The molecule has 2 aromatic carbocycles. The van der Waals surface area contributed by atoms with Gasteiger partial charge in [0.1, 0.15) is 5.82 Å². The van der Waals surface area contributed by atoms with E-state index in [1.54, 1.807) is 0 Å². The molecule has 1 aliphatic heterocycles. The van der Waals surface area contributed by atoms with Gasteiger partial charge in [-0.15, -0.1) is 0 Å². The fraction of sp³-hybridized carbons (Fsp3) is 0.261. The molecule has 5 rings (SSSR count). The number of para-hydroxylation sites is 1. The van der Waals surface area contributed by atoms with Crippen LogP contribution < -0.4 is 5.56 Å². The second kappa shape index (κ2) is 7.59. The van der Waals surface area contributed by atoms with Crippen LogP contribution in [-0.4, -0.2) is 31.2 Å². The van der Waals surface area contributed by atoms with Gasteiger partial charge in [0.25, 0.3) is 5.56 Å². The van der Waals surface area contributed by atoms with Crippen molar-refractivity contribution in [3.63, 3.8) is 0 Å². The van der Waals surface area contributed by atoms with Crippen molar-refractivity contribution < 1.29 is 13.2 Å². The Labute approximate surface area is 181 Å². The molecule has 3 heterocycles. The lowest BCUT2D eigenvalue weighted by Crippen LogP contribution is -2.35. The van der Waals surface area contributed by atoms with Crippen molar-refractivity contribution in [1.82, 2.24) is 24.6 Å². The Morgan fingerprint density at radius 2 is 1.84 bits per heavy atom. The number of halogens is 3. The number of rotatable bonds is 3. The van der Waals surface area contributed by atoms with Crippen molar-refractivity contribution in [3.05, 3.63) is 81.4 Å². The van der Waals surface area contributed by atoms with Gasteiger partial charge in [-0.25, -0.2) is 4.98 Å². The largest absolute Gasteiger partial charge is 0.416 e. The molecule has 0 radical (unpaired) electrons. The van der Waals surface area contributed by atoms with E-state index >= 15 is 0 Å². The Morgan fingerprint density at radius 1 is 1.09 bits per heavy atom. The fourth-order valence-electron chi connectivity index (χ4n) is 4.19. The molecule has 0 saturated heterocycles. The third-order valence-corrected chi connectivity index (χ3v) is 5.84. The number of hydrogen-bond donors (Lipinski definition) is 1. The molecule has 1 N–H and O–H groups in total. The Kier molecular flexibility index (Phi) is 4.85. The van der Waals surface area contributed by atoms with E-state index in [1.165, 1.54) is 12.1 Å². The molecule has 9 heteroatoms. The van der Waals surface area contributed by atoms with E-state index in [0.717, 1.165) is 28.7 Å². The molecule has 0 fully saturated rings. The minimum atomic E-state index is -4.41. The number of aryl methyl sites for hydroxylation is 1. The summed E-state index contributed by atoms with van der Waals surface area (Å²) in [7, 11) is 1.91. The van der Waals surface area contributed by atoms with Gasteiger partial charge in [-0.05, 0) is 18.2 Å². The first-order valence-corrected chi connectivity index (χ1v) is 10.2. The zero-order valence-corrected chi connectivity index (χ0v) is 17.3. The summed E-state index contributed by atoms with van der Waals surface area (Å²) < 4.78 is 40.3. The lowest BCUT2D eigenvalue weighted by molar-refractivity contribution is -0.137. The van der Waals surface area contributed by atoms with Gasteiger partial charge >= 0.3 is 6.18 Å². The molecule has 4 aromatic rings. The van der Waals surface area contributed by atoms with Crippen LogP contribution >= 0.6 is 0 Å². The molecule has 2 aromatic heterocycles. The van der Waals surface area contributed by atoms with Crippen molar-refractivity contribution in [2.75, 3.05) is 6.54 Å². The van der Waals surface area contributed by atoms with Crippen molar-refractivity contribution in [2.45, 2.75) is 25.7 Å². The summed E-state index contributed by atoms with van der Waals surface area (Å²) in [6.07, 6.45) is -3.82. The zero-order chi connectivity index (χ0) is 22.5. The van der Waals surface area contributed by atoms with E-state index in [9.17, 15) is 18.0 Å². The summed E-state index contributed by atoms with van der Waals surface area (Å²) in [6.45, 7) is 1.76. The lowest BCUT2D eigenvalue weighted by Gasteiger charge is -2.27. The number of nitrogens with zero attached hydrogens (tertiary/aromatic N) is 4. The lowest BCUT2D eigenvalue weighted by atomic mass is 10.1. The van der Waals surface area contributed by atoms with Gasteiger partial charge in [0, 0.05) is 44.1 Å². The second-order valence-electron chi connectivity index (χ2n) is 7.96. The van der Waals surface area contributed by atoms with Crippen LogP contribution in [0.1, 0.15) is 22.5 Å². The standard InChI is InChI=1S/C23H20F3N5O/c1-30-20-5-3-2-4-16(20)19(29-30)13-31-11-10-18-17(12-31)22(32)28-21(27-18)14-6-8-15(9-7-14)23(24,25)26/h2-9H,10-13H2,1H3,(H,27,28,32). The smallest absolute Gasteiger partial charge is 0.306 e. The molecule has 0 atom stereocenters. The number of alkyl halides is 3. The Bertz CT molecular complexity index is 1360. The maximum Gasteiger partial charge on any atom is 0.416 e. The van der Waals surface area contributed by atoms with Crippen LogP contribution in [0.4, 0.5) is 13.2 Å². The number of nitrogens with one attached hydrogen (secondary N) is 1. The number of H-pyrrole nitrogens is 1. The molecular weight excluding hydrogens is 419 g/mol. The van der Waals surface area contributed by atoms with Gasteiger partial charge in [0.15, 0.2) is 0 Å². The van der Waals surface area contributed by atoms with Crippen LogP contribution in [0.3, 0.4) is 0 Å². The van der Waals surface area contributed by atoms with E-state index < -0.39 is 11.7 Å². The minimum Gasteiger partial charge on any atom is -0.306 e. The summed E-state index contributed by atoms with van der Waals surface area (Å²) in [6, 6.07) is 12.7. The monoisotopic (exact) mass is 439 g/mol. The van der Waals surface area contributed by atoms with Crippen LogP contribution in [0.15, 0.2) is 53.3 Å². The maximum atomic E-state index is 12.8. The van der Waals surface area contributed by atoms with E-state index in [1.807, 2.05) is 36.0 Å². The van der Waals surface area contributed by atoms with Gasteiger partial charge < -0.3 is 4.98 Å². The van der Waals surface area contributed by atoms with Gasteiger partial charge in [-0.2, -0.15) is 18.3 Å². The van der Waals surface area contributed by atoms with E-state index in [4.69, 9.17) is 0 Å². The zero-order valence-electron chi connectivity index (χ0n) is 17.3. The quantitative estimate of drug-likeness (QED) is 0.526. The number of aromatic nitrogens is 4. The predicted octanol–water partition coefficient (Wildman–Crippen LogP) is 3.90. The summed E-state index contributed by atoms with van der Waals surface area (Å²) in [5.74, 6) is 0.284. The molecule has 6 nitrogen and oxygen atoms in total. The molecule has 164 valence electrons. The SMILES string of the molecule is Cn1nc(CN2CCc3nc(-c4ccc(C(F)(F)F)cc4)[nH]c(=O)c3C2)c2ccccc21. The van der Waals surface area contributed by atoms with Gasteiger partial charge in [-0.1, -0.05) is 30.3 Å². The Hall–Kier alpha value is -3.46. The molecule has 0 saturated carbocycles. The summed E-state index contributed by atoms with van der Waals surface area (Å²) in [5.41, 5.74) is 2.73. The topological polar surface area (TPSA) is 66.8 Å². The Balaban J connectivity index is 1.39. The summed E-state index contributed by atoms with van der Waals surface area (Å²) in [4.78, 5) is 22.2. The average Bonchev–Trinajstić information content (AvgIpc) is 3.09. The van der Waals surface area contributed by atoms with Crippen LogP contribution in [-0.2, 0) is 32.7 Å². The van der Waals surface area contributed by atoms with Gasteiger partial charge in [0.05, 0.1) is 28.0 Å². The van der Waals surface area contributed by atoms with Crippen molar-refractivity contribution in [3.8, 4) is 11.4 Å². The highest BCUT2D eigenvalue weighted by Crippen LogP contribution is 2.30. The number of aromatic amines is 1. The van der Waals surface area contributed by atoms with E-state index in [-0.39, 0.29) is 11.4 Å². The molecule has 0 bridgehead atoms. The molecular formula is C23H20F3N5O. The van der Waals surface area contributed by atoms with Crippen LogP contribution in [0.25, 0.3) is 22.3 Å². The Morgan fingerprint density at radius 3 is 2.59 bits per heavy atom. The fourth-order valence-corrected chi connectivity index (χ4v) is 4.19. The highest BCUT2D eigenvalue weighted by atomic mass is 19.4. The molecule has 0 amide bonds. The minimum absolute atomic E-state index is 0.263. The van der Waals surface area contributed by atoms with Gasteiger partial charge in [0.2, 0.25) is 0 Å². The third kappa shape index (κ3) is 3.69. The molecule has 32 heavy (non-hydrogen) atoms. The molecule has 0 unspecified atom stereocenters. The average molecular weight is 439 g/mol. The van der Waals surface area contributed by atoms with Crippen molar-refractivity contribution in [2.24, 2.45) is 7.05 Å². The maximum absolute atomic E-state index is 12.8. The van der Waals surface area contributed by atoms with E-state index in [2.05, 4.69) is 20.0 Å². The first-order valence-electron chi connectivity index (χ1n) is 10.2. The number of fused-ring (bicyclic) bond motifs is 2. The van der Waals surface area contributed by atoms with Crippen LogP contribution in [0.5, 0.6) is 0 Å². The summed E-state index contributed by atoms with van der Waals surface area (Å²) >= 11 is 0. The number of benzene rings is 2. The third-order valence-electron chi connectivity index (χ3n) is 5.84. The second-order valence-corrected chi connectivity index (χ2v) is 7.96. The number of hydrogen-bond acceptors (Lipinski definition) is 4. The normalized spacial score (nSPS) is 14.6. The first kappa shape index (κ1) is 20.4. The van der Waals surface area contributed by atoms with Crippen LogP contribution in [0, 0.1) is 0 Å². The molecule has 1 aliphatic rings. The first-order chi connectivity index (χ1) is 15.3. The highest BCUT2D eigenvalue weighted by molar-refractivity contribution is 5.81. The van der Waals surface area contributed by atoms with Crippen LogP contribution in [0.2, 0.25) is 0 Å². The molecule has 0 spiro atoms. The van der Waals surface area contributed by atoms with Gasteiger partial charge in [-0.3, -0.25) is 14.4 Å².